The van der Waals surface area contributed by atoms with E-state index in [-0.39, 0.29) is 5.41 Å². The number of nitrogens with zero attached hydrogens (tertiary/aromatic N) is 3. The molecule has 5 nitrogen and oxygen atoms in total. The maximum absolute atomic E-state index is 4.85. The monoisotopic (exact) mass is 389 g/mol. The Labute approximate surface area is 172 Å². The summed E-state index contributed by atoms with van der Waals surface area (Å²) in [6, 6.07) is 6.55. The van der Waals surface area contributed by atoms with E-state index < -0.39 is 0 Å². The van der Waals surface area contributed by atoms with Crippen molar-refractivity contribution >= 4 is 22.3 Å². The molecule has 4 rings (SSSR count). The molecule has 3 aromatic heterocycles. The molecule has 0 aliphatic rings. The number of aromatic nitrogens is 5. The third-order valence-electron chi connectivity index (χ3n) is 6.54. The number of H-pyrrole nitrogens is 2. The zero-order valence-electron chi connectivity index (χ0n) is 18.6. The fourth-order valence-electron chi connectivity index (χ4n) is 4.08. The minimum absolute atomic E-state index is 0.0415. The lowest BCUT2D eigenvalue weighted by Crippen LogP contribution is -2.21. The Bertz CT molecular complexity index is 1140. The lowest BCUT2D eigenvalue weighted by molar-refractivity contribution is 0.416. The molecule has 1 aromatic carbocycles. The smallest absolute Gasteiger partial charge is 0.160 e. The number of aromatic amines is 2. The molecule has 5 heteroatoms. The molecule has 0 amide bonds. The highest BCUT2D eigenvalue weighted by molar-refractivity contribution is 5.87. The average Bonchev–Trinajstić information content (AvgIpc) is 3.29. The number of aryl methyl sites for hydroxylation is 2. The number of hydrogen-bond acceptors (Lipinski definition) is 3. The summed E-state index contributed by atoms with van der Waals surface area (Å²) in [5.74, 6) is 2.38. The SMILES string of the molecule is CCC(C)(CC)c1nc2cc3nc(-c4cc(C)c(C(C)C)cc4C)[nH]c3nc2[nH]1. The topological polar surface area (TPSA) is 70.2 Å². The fraction of sp³-hybridized carbons (Fsp3) is 0.458. The predicted molar refractivity (Wildman–Crippen MR) is 120 cm³/mol. The number of pyridine rings is 1. The lowest BCUT2D eigenvalue weighted by atomic mass is 9.84. The van der Waals surface area contributed by atoms with E-state index in [0.717, 1.165) is 52.4 Å². The summed E-state index contributed by atoms with van der Waals surface area (Å²) in [6.45, 7) is 15.4. The molecule has 0 bridgehead atoms. The zero-order chi connectivity index (χ0) is 20.9. The zero-order valence-corrected chi connectivity index (χ0v) is 18.6. The van der Waals surface area contributed by atoms with E-state index in [1.807, 2.05) is 6.07 Å². The van der Waals surface area contributed by atoms with Gasteiger partial charge in [-0.2, -0.15) is 0 Å². The summed E-state index contributed by atoms with van der Waals surface area (Å²) in [5, 5.41) is 0. The van der Waals surface area contributed by atoms with Crippen LogP contribution in [0.4, 0.5) is 0 Å². The van der Waals surface area contributed by atoms with Gasteiger partial charge in [0.1, 0.15) is 22.7 Å². The van der Waals surface area contributed by atoms with E-state index >= 15 is 0 Å². The van der Waals surface area contributed by atoms with Crippen molar-refractivity contribution in [3.8, 4) is 11.4 Å². The van der Waals surface area contributed by atoms with Crippen molar-refractivity contribution in [1.82, 2.24) is 24.9 Å². The van der Waals surface area contributed by atoms with Crippen LogP contribution in [0.15, 0.2) is 18.2 Å². The Morgan fingerprint density at radius 3 is 2.17 bits per heavy atom. The first-order valence-electron chi connectivity index (χ1n) is 10.6. The number of imidazole rings is 2. The normalized spacial score (nSPS) is 12.6. The van der Waals surface area contributed by atoms with Gasteiger partial charge >= 0.3 is 0 Å². The third kappa shape index (κ3) is 3.22. The second-order valence-corrected chi connectivity index (χ2v) is 8.84. The van der Waals surface area contributed by atoms with Crippen molar-refractivity contribution < 1.29 is 0 Å². The van der Waals surface area contributed by atoms with E-state index in [9.17, 15) is 0 Å². The van der Waals surface area contributed by atoms with E-state index in [1.54, 1.807) is 0 Å². The Balaban J connectivity index is 1.81. The molecule has 0 atom stereocenters. The van der Waals surface area contributed by atoms with Crippen LogP contribution in [0.2, 0.25) is 0 Å². The van der Waals surface area contributed by atoms with Gasteiger partial charge in [-0.25, -0.2) is 15.0 Å². The number of fused-ring (bicyclic) bond motifs is 2. The minimum Gasteiger partial charge on any atom is -0.326 e. The van der Waals surface area contributed by atoms with Gasteiger partial charge in [0.25, 0.3) is 0 Å². The first-order valence-corrected chi connectivity index (χ1v) is 10.6. The van der Waals surface area contributed by atoms with E-state index in [2.05, 4.69) is 70.6 Å². The third-order valence-corrected chi connectivity index (χ3v) is 6.54. The van der Waals surface area contributed by atoms with Crippen LogP contribution < -0.4 is 0 Å². The average molecular weight is 390 g/mol. The van der Waals surface area contributed by atoms with Crippen LogP contribution in [0.1, 0.15) is 75.9 Å². The fourth-order valence-corrected chi connectivity index (χ4v) is 4.08. The van der Waals surface area contributed by atoms with Crippen LogP contribution in [0.3, 0.4) is 0 Å². The first-order chi connectivity index (χ1) is 13.8. The van der Waals surface area contributed by atoms with Gasteiger partial charge in [0.15, 0.2) is 11.3 Å². The van der Waals surface area contributed by atoms with Crippen molar-refractivity contribution in [1.29, 1.82) is 0 Å². The molecular weight excluding hydrogens is 358 g/mol. The van der Waals surface area contributed by atoms with Gasteiger partial charge in [0.2, 0.25) is 0 Å². The molecule has 0 fully saturated rings. The molecular formula is C24H31N5. The van der Waals surface area contributed by atoms with Gasteiger partial charge in [-0.15, -0.1) is 0 Å². The van der Waals surface area contributed by atoms with Crippen molar-refractivity contribution in [3.05, 3.63) is 40.7 Å². The van der Waals surface area contributed by atoms with Crippen LogP contribution in [-0.4, -0.2) is 24.9 Å². The van der Waals surface area contributed by atoms with Gasteiger partial charge in [-0.1, -0.05) is 40.7 Å². The maximum atomic E-state index is 4.85. The molecule has 0 saturated carbocycles. The van der Waals surface area contributed by atoms with Crippen molar-refractivity contribution in [2.45, 2.75) is 72.6 Å². The Morgan fingerprint density at radius 1 is 0.862 bits per heavy atom. The number of benzene rings is 1. The summed E-state index contributed by atoms with van der Waals surface area (Å²) >= 11 is 0. The summed E-state index contributed by atoms with van der Waals surface area (Å²) in [4.78, 5) is 21.4. The Morgan fingerprint density at radius 2 is 1.52 bits per heavy atom. The van der Waals surface area contributed by atoms with Crippen LogP contribution in [-0.2, 0) is 5.41 Å². The molecule has 152 valence electrons. The van der Waals surface area contributed by atoms with E-state index in [4.69, 9.17) is 15.0 Å². The maximum Gasteiger partial charge on any atom is 0.160 e. The van der Waals surface area contributed by atoms with Crippen LogP contribution >= 0.6 is 0 Å². The van der Waals surface area contributed by atoms with E-state index in [0.29, 0.717) is 5.92 Å². The molecule has 0 spiro atoms. The molecule has 0 radical (unpaired) electrons. The molecule has 0 aliphatic carbocycles. The first kappa shape index (κ1) is 19.6. The van der Waals surface area contributed by atoms with Crippen LogP contribution in [0, 0.1) is 13.8 Å². The van der Waals surface area contributed by atoms with E-state index in [1.165, 1.54) is 16.7 Å². The standard InChI is InChI=1S/C24H31N5/c1-8-24(7,9-2)23-26-19-12-18-21(28-22(19)29-23)27-20(25-18)17-11-14(5)16(13(3)4)10-15(17)6/h10-13H,8-9H2,1-7H3,(H2,25,26,27,28,29). The highest BCUT2D eigenvalue weighted by Crippen LogP contribution is 2.32. The molecule has 3 heterocycles. The number of nitrogens with one attached hydrogen (secondary N) is 2. The molecule has 29 heavy (non-hydrogen) atoms. The Hall–Kier alpha value is -2.69. The second kappa shape index (κ2) is 6.97. The molecule has 4 aromatic rings. The largest absolute Gasteiger partial charge is 0.326 e. The van der Waals surface area contributed by atoms with Gasteiger partial charge in [0.05, 0.1) is 0 Å². The summed E-state index contributed by atoms with van der Waals surface area (Å²) in [6.07, 6.45) is 2.07. The predicted octanol–water partition coefficient (Wildman–Crippen LogP) is 6.32. The number of hydrogen-bond donors (Lipinski definition) is 2. The minimum atomic E-state index is 0.0415. The van der Waals surface area contributed by atoms with Crippen molar-refractivity contribution in [2.24, 2.45) is 0 Å². The summed E-state index contributed by atoms with van der Waals surface area (Å²) in [7, 11) is 0. The van der Waals surface area contributed by atoms with Crippen LogP contribution in [0.5, 0.6) is 0 Å². The highest BCUT2D eigenvalue weighted by Gasteiger charge is 2.26. The summed E-state index contributed by atoms with van der Waals surface area (Å²) in [5.41, 5.74) is 8.43. The Kier molecular flexibility index (Phi) is 4.72. The molecule has 2 N–H and O–H groups in total. The van der Waals surface area contributed by atoms with Gasteiger partial charge < -0.3 is 9.97 Å². The van der Waals surface area contributed by atoms with Gasteiger partial charge in [-0.05, 0) is 61.4 Å². The van der Waals surface area contributed by atoms with Crippen LogP contribution in [0.25, 0.3) is 33.7 Å². The molecule has 0 saturated heterocycles. The van der Waals surface area contributed by atoms with Crippen molar-refractivity contribution in [2.75, 3.05) is 0 Å². The van der Waals surface area contributed by atoms with Crippen molar-refractivity contribution in [3.63, 3.8) is 0 Å². The summed E-state index contributed by atoms with van der Waals surface area (Å²) < 4.78 is 0. The quantitative estimate of drug-likeness (QED) is 0.419. The van der Waals surface area contributed by atoms with Gasteiger partial charge in [-0.3, -0.25) is 0 Å². The second-order valence-electron chi connectivity index (χ2n) is 8.84. The number of rotatable bonds is 5. The molecule has 0 aliphatic heterocycles. The highest BCUT2D eigenvalue weighted by atomic mass is 15.1. The lowest BCUT2D eigenvalue weighted by Gasteiger charge is -2.23. The molecule has 0 unspecified atom stereocenters. The van der Waals surface area contributed by atoms with Gasteiger partial charge in [0, 0.05) is 11.0 Å².